The number of amides is 2. The summed E-state index contributed by atoms with van der Waals surface area (Å²) in [5.41, 5.74) is 0. The Balaban J connectivity index is 2.04. The Kier molecular flexibility index (Phi) is 5.81. The SMILES string of the molecule is COCCN(CC(=O)O)C(=O)N1CCOC2CCCCC21. The minimum atomic E-state index is -1.01. The topological polar surface area (TPSA) is 79.3 Å². The van der Waals surface area contributed by atoms with Crippen molar-refractivity contribution < 1.29 is 24.2 Å². The number of fused-ring (bicyclic) bond motifs is 1. The van der Waals surface area contributed by atoms with Gasteiger partial charge in [-0.2, -0.15) is 0 Å². The van der Waals surface area contributed by atoms with Crippen LogP contribution in [0, 0.1) is 0 Å². The Morgan fingerprint density at radius 3 is 2.86 bits per heavy atom. The van der Waals surface area contributed by atoms with Gasteiger partial charge in [-0.1, -0.05) is 12.8 Å². The molecule has 0 spiro atoms. The Morgan fingerprint density at radius 2 is 2.14 bits per heavy atom. The first-order valence-electron chi connectivity index (χ1n) is 7.51. The number of ether oxygens (including phenoxy) is 2. The molecule has 2 fully saturated rings. The van der Waals surface area contributed by atoms with Gasteiger partial charge in [0.15, 0.2) is 0 Å². The lowest BCUT2D eigenvalue weighted by atomic mass is 9.90. The quantitative estimate of drug-likeness (QED) is 0.812. The van der Waals surface area contributed by atoms with E-state index in [0.29, 0.717) is 19.8 Å². The van der Waals surface area contributed by atoms with E-state index in [1.54, 1.807) is 4.90 Å². The molecular formula is C14H24N2O5. The molecule has 1 aliphatic heterocycles. The van der Waals surface area contributed by atoms with Gasteiger partial charge in [0.1, 0.15) is 6.54 Å². The van der Waals surface area contributed by atoms with E-state index in [0.717, 1.165) is 25.7 Å². The molecule has 7 nitrogen and oxygen atoms in total. The normalized spacial score (nSPS) is 25.3. The van der Waals surface area contributed by atoms with E-state index in [9.17, 15) is 9.59 Å². The largest absolute Gasteiger partial charge is 0.480 e. The van der Waals surface area contributed by atoms with Crippen LogP contribution < -0.4 is 0 Å². The molecule has 0 radical (unpaired) electrons. The zero-order valence-electron chi connectivity index (χ0n) is 12.5. The third-order valence-corrected chi connectivity index (χ3v) is 4.14. The number of rotatable bonds is 5. The average Bonchev–Trinajstić information content (AvgIpc) is 2.50. The second-order valence-electron chi connectivity index (χ2n) is 5.55. The maximum atomic E-state index is 12.7. The van der Waals surface area contributed by atoms with Gasteiger partial charge in [-0.15, -0.1) is 0 Å². The maximum absolute atomic E-state index is 12.7. The number of methoxy groups -OCH3 is 1. The number of hydrogen-bond donors (Lipinski definition) is 1. The molecule has 0 aromatic carbocycles. The summed E-state index contributed by atoms with van der Waals surface area (Å²) >= 11 is 0. The summed E-state index contributed by atoms with van der Waals surface area (Å²) < 4.78 is 10.7. The predicted molar refractivity (Wildman–Crippen MR) is 75.2 cm³/mol. The number of carboxylic acids is 1. The molecule has 0 aromatic rings. The van der Waals surface area contributed by atoms with Gasteiger partial charge in [0, 0.05) is 20.2 Å². The molecule has 21 heavy (non-hydrogen) atoms. The highest BCUT2D eigenvalue weighted by molar-refractivity contribution is 5.80. The van der Waals surface area contributed by atoms with E-state index in [1.165, 1.54) is 12.0 Å². The van der Waals surface area contributed by atoms with Crippen LogP contribution in [0.3, 0.4) is 0 Å². The van der Waals surface area contributed by atoms with E-state index >= 15 is 0 Å². The van der Waals surface area contributed by atoms with Crippen molar-refractivity contribution in [1.29, 1.82) is 0 Å². The van der Waals surface area contributed by atoms with Crippen LogP contribution >= 0.6 is 0 Å². The number of aliphatic carboxylic acids is 1. The molecule has 1 aliphatic carbocycles. The van der Waals surface area contributed by atoms with Crippen LogP contribution in [0.25, 0.3) is 0 Å². The molecule has 1 saturated heterocycles. The monoisotopic (exact) mass is 300 g/mol. The fourth-order valence-electron chi connectivity index (χ4n) is 3.12. The molecule has 2 atom stereocenters. The smallest absolute Gasteiger partial charge is 0.323 e. The van der Waals surface area contributed by atoms with E-state index in [4.69, 9.17) is 14.6 Å². The van der Waals surface area contributed by atoms with Gasteiger partial charge < -0.3 is 24.4 Å². The van der Waals surface area contributed by atoms with Crippen molar-refractivity contribution in [3.63, 3.8) is 0 Å². The van der Waals surface area contributed by atoms with E-state index in [2.05, 4.69) is 0 Å². The summed E-state index contributed by atoms with van der Waals surface area (Å²) in [6.07, 6.45) is 4.23. The van der Waals surface area contributed by atoms with Crippen molar-refractivity contribution in [1.82, 2.24) is 9.80 Å². The third-order valence-electron chi connectivity index (χ3n) is 4.14. The van der Waals surface area contributed by atoms with Gasteiger partial charge in [0.25, 0.3) is 0 Å². The van der Waals surface area contributed by atoms with Gasteiger partial charge in [-0.05, 0) is 12.8 Å². The van der Waals surface area contributed by atoms with Gasteiger partial charge >= 0.3 is 12.0 Å². The Bertz CT molecular complexity index is 374. The van der Waals surface area contributed by atoms with Crippen molar-refractivity contribution >= 4 is 12.0 Å². The van der Waals surface area contributed by atoms with Crippen molar-refractivity contribution in [2.45, 2.75) is 37.8 Å². The molecule has 120 valence electrons. The first kappa shape index (κ1) is 16.0. The molecule has 2 amide bonds. The number of nitrogens with zero attached hydrogens (tertiary/aromatic N) is 2. The highest BCUT2D eigenvalue weighted by atomic mass is 16.5. The third kappa shape index (κ3) is 4.07. The molecular weight excluding hydrogens is 276 g/mol. The molecule has 1 saturated carbocycles. The number of carbonyl (C=O) groups is 2. The van der Waals surface area contributed by atoms with Crippen LogP contribution in [-0.4, -0.2) is 79.0 Å². The lowest BCUT2D eigenvalue weighted by Gasteiger charge is -2.45. The fourth-order valence-corrected chi connectivity index (χ4v) is 3.12. The lowest BCUT2D eigenvalue weighted by molar-refractivity contribution is -0.138. The van der Waals surface area contributed by atoms with E-state index in [1.807, 2.05) is 0 Å². The van der Waals surface area contributed by atoms with Gasteiger partial charge in [-0.3, -0.25) is 4.79 Å². The highest BCUT2D eigenvalue weighted by Gasteiger charge is 2.38. The van der Waals surface area contributed by atoms with Crippen LogP contribution in [0.5, 0.6) is 0 Å². The van der Waals surface area contributed by atoms with Crippen LogP contribution in [-0.2, 0) is 14.3 Å². The second kappa shape index (κ2) is 7.61. The number of urea groups is 1. The van der Waals surface area contributed by atoms with Gasteiger partial charge in [0.2, 0.25) is 0 Å². The van der Waals surface area contributed by atoms with Crippen LogP contribution in [0.15, 0.2) is 0 Å². The maximum Gasteiger partial charge on any atom is 0.323 e. The molecule has 0 aromatic heterocycles. The van der Waals surface area contributed by atoms with Gasteiger partial charge in [0.05, 0.1) is 25.4 Å². The zero-order valence-corrected chi connectivity index (χ0v) is 12.5. The molecule has 1 N–H and O–H groups in total. The molecule has 7 heteroatoms. The van der Waals surface area contributed by atoms with Crippen molar-refractivity contribution in [2.24, 2.45) is 0 Å². The standard InChI is InChI=1S/C14H24N2O5/c1-20-8-6-15(10-13(17)18)14(19)16-7-9-21-12-5-3-2-4-11(12)16/h11-12H,2-10H2,1H3,(H,17,18). The summed E-state index contributed by atoms with van der Waals surface area (Å²) in [5, 5.41) is 8.99. The van der Waals surface area contributed by atoms with E-state index < -0.39 is 5.97 Å². The first-order valence-corrected chi connectivity index (χ1v) is 7.51. The minimum absolute atomic E-state index is 0.0823. The summed E-state index contributed by atoms with van der Waals surface area (Å²) in [6.45, 7) is 1.38. The van der Waals surface area contributed by atoms with Crippen molar-refractivity contribution in [3.8, 4) is 0 Å². The highest BCUT2D eigenvalue weighted by Crippen LogP contribution is 2.29. The Hall–Kier alpha value is -1.34. The Labute approximate surface area is 124 Å². The number of carboxylic acid groups (broad SMARTS) is 1. The fraction of sp³-hybridized carbons (Fsp3) is 0.857. The number of hydrogen-bond acceptors (Lipinski definition) is 4. The Morgan fingerprint density at radius 1 is 1.38 bits per heavy atom. The second-order valence-corrected chi connectivity index (χ2v) is 5.55. The van der Waals surface area contributed by atoms with E-state index in [-0.39, 0.29) is 31.3 Å². The van der Waals surface area contributed by atoms with Crippen molar-refractivity contribution in [2.75, 3.05) is 40.0 Å². The first-order chi connectivity index (χ1) is 10.1. The lowest BCUT2D eigenvalue weighted by Crippen LogP contribution is -2.59. The number of carbonyl (C=O) groups excluding carboxylic acids is 1. The van der Waals surface area contributed by atoms with Crippen LogP contribution in [0.2, 0.25) is 0 Å². The summed E-state index contributed by atoms with van der Waals surface area (Å²) in [4.78, 5) is 26.8. The van der Waals surface area contributed by atoms with Crippen LogP contribution in [0.1, 0.15) is 25.7 Å². The zero-order chi connectivity index (χ0) is 15.2. The summed E-state index contributed by atoms with van der Waals surface area (Å²) in [6, 6.07) is -0.131. The predicted octanol–water partition coefficient (Wildman–Crippen LogP) is 0.783. The molecule has 2 aliphatic rings. The summed E-state index contributed by atoms with van der Waals surface area (Å²) in [5.74, 6) is -1.01. The number of morpholine rings is 1. The molecule has 1 heterocycles. The van der Waals surface area contributed by atoms with Crippen LogP contribution in [0.4, 0.5) is 4.79 Å². The van der Waals surface area contributed by atoms with Gasteiger partial charge in [-0.25, -0.2) is 4.79 Å². The summed E-state index contributed by atoms with van der Waals surface area (Å²) in [7, 11) is 1.54. The van der Waals surface area contributed by atoms with Crippen molar-refractivity contribution in [3.05, 3.63) is 0 Å². The molecule has 0 bridgehead atoms. The minimum Gasteiger partial charge on any atom is -0.480 e. The molecule has 2 unspecified atom stereocenters. The molecule has 2 rings (SSSR count). The average molecular weight is 300 g/mol.